The fourth-order valence-electron chi connectivity index (χ4n) is 3.26. The molecule has 0 aliphatic carbocycles. The highest BCUT2D eigenvalue weighted by Gasteiger charge is 2.08. The summed E-state index contributed by atoms with van der Waals surface area (Å²) in [5.41, 5.74) is 2.66. The lowest BCUT2D eigenvalue weighted by atomic mass is 10.2. The quantitative estimate of drug-likeness (QED) is 0.378. The summed E-state index contributed by atoms with van der Waals surface area (Å²) in [4.78, 5) is 28.7. The van der Waals surface area contributed by atoms with E-state index in [0.29, 0.717) is 36.6 Å². The molecule has 168 valence electrons. The lowest BCUT2D eigenvalue weighted by Gasteiger charge is -2.09. The lowest BCUT2D eigenvalue weighted by Crippen LogP contribution is -2.25. The second-order valence-corrected chi connectivity index (χ2v) is 7.43. The van der Waals surface area contributed by atoms with Gasteiger partial charge in [0.05, 0.1) is 5.69 Å². The van der Waals surface area contributed by atoms with Gasteiger partial charge >= 0.3 is 0 Å². The third-order valence-corrected chi connectivity index (χ3v) is 4.89. The van der Waals surface area contributed by atoms with Gasteiger partial charge in [-0.2, -0.15) is 0 Å². The van der Waals surface area contributed by atoms with Crippen molar-refractivity contribution in [2.45, 2.75) is 19.4 Å². The molecule has 0 unspecified atom stereocenters. The van der Waals surface area contributed by atoms with Crippen LogP contribution in [0.2, 0.25) is 0 Å². The molecular formula is C25H23FN4O3. The maximum absolute atomic E-state index is 12.9. The van der Waals surface area contributed by atoms with E-state index in [1.54, 1.807) is 18.2 Å². The third-order valence-electron chi connectivity index (χ3n) is 4.89. The second-order valence-electron chi connectivity index (χ2n) is 7.43. The molecule has 0 bridgehead atoms. The molecular weight excluding hydrogens is 423 g/mol. The van der Waals surface area contributed by atoms with E-state index in [0.717, 1.165) is 11.3 Å². The number of benzene rings is 2. The number of amides is 2. The molecule has 0 saturated heterocycles. The van der Waals surface area contributed by atoms with Gasteiger partial charge in [-0.05, 0) is 55.0 Å². The number of imidazole rings is 1. The zero-order chi connectivity index (χ0) is 23.0. The number of pyridine rings is 1. The molecule has 2 N–H and O–H groups in total. The van der Waals surface area contributed by atoms with Crippen LogP contribution in [0.3, 0.4) is 0 Å². The van der Waals surface area contributed by atoms with Crippen LogP contribution in [0, 0.1) is 5.82 Å². The number of nitrogens with zero attached hydrogens (tertiary/aromatic N) is 2. The molecule has 4 rings (SSSR count). The van der Waals surface area contributed by atoms with Crippen molar-refractivity contribution in [3.05, 3.63) is 96.2 Å². The van der Waals surface area contributed by atoms with Crippen molar-refractivity contribution in [1.82, 2.24) is 14.7 Å². The molecule has 33 heavy (non-hydrogen) atoms. The first kappa shape index (κ1) is 22.0. The summed E-state index contributed by atoms with van der Waals surface area (Å²) < 4.78 is 20.7. The van der Waals surface area contributed by atoms with E-state index in [9.17, 15) is 14.0 Å². The summed E-state index contributed by atoms with van der Waals surface area (Å²) in [7, 11) is 0. The Morgan fingerprint density at radius 1 is 1.03 bits per heavy atom. The van der Waals surface area contributed by atoms with E-state index in [4.69, 9.17) is 4.74 Å². The number of hydrogen-bond acceptors (Lipinski definition) is 4. The zero-order valence-electron chi connectivity index (χ0n) is 17.8. The summed E-state index contributed by atoms with van der Waals surface area (Å²) in [6.45, 7) is 0.651. The molecule has 2 amide bonds. The van der Waals surface area contributed by atoms with Crippen LogP contribution in [0.1, 0.15) is 28.9 Å². The smallest absolute Gasteiger partial charge is 0.251 e. The number of carbonyl (C=O) groups excluding carboxylic acids is 2. The number of ether oxygens (including phenoxy) is 1. The Labute approximate surface area is 190 Å². The standard InChI is InChI=1S/C25H23FN4O3/c26-19-11-9-18(10-12-19)25(32)27-13-4-8-24(31)29-20-5-3-6-22(15-20)33-17-21-16-30-14-2-1-7-23(30)28-21/h1-3,5-7,9-12,14-16H,4,8,13,17H2,(H,27,32)(H,29,31). The van der Waals surface area contributed by atoms with E-state index in [1.165, 1.54) is 24.3 Å². The highest BCUT2D eigenvalue weighted by Crippen LogP contribution is 2.19. The molecule has 8 heteroatoms. The van der Waals surface area contributed by atoms with Gasteiger partial charge in [0.2, 0.25) is 5.91 Å². The molecule has 0 aliphatic heterocycles. The van der Waals surface area contributed by atoms with Gasteiger partial charge in [0, 0.05) is 42.7 Å². The van der Waals surface area contributed by atoms with Gasteiger partial charge in [-0.15, -0.1) is 0 Å². The van der Waals surface area contributed by atoms with E-state index < -0.39 is 5.82 Å². The van der Waals surface area contributed by atoms with Gasteiger partial charge in [0.15, 0.2) is 0 Å². The second kappa shape index (κ2) is 10.4. The highest BCUT2D eigenvalue weighted by atomic mass is 19.1. The topological polar surface area (TPSA) is 84.7 Å². The highest BCUT2D eigenvalue weighted by molar-refractivity contribution is 5.94. The molecule has 4 aromatic rings. The first-order valence-corrected chi connectivity index (χ1v) is 10.6. The van der Waals surface area contributed by atoms with Crippen LogP contribution in [0.5, 0.6) is 5.75 Å². The van der Waals surface area contributed by atoms with Gasteiger partial charge in [-0.3, -0.25) is 9.59 Å². The molecule has 0 atom stereocenters. The molecule has 0 saturated carbocycles. The van der Waals surface area contributed by atoms with Gasteiger partial charge in [0.1, 0.15) is 23.8 Å². The average Bonchev–Trinajstić information content (AvgIpc) is 3.24. The van der Waals surface area contributed by atoms with E-state index in [-0.39, 0.29) is 18.2 Å². The molecule has 2 aromatic heterocycles. The first-order valence-electron chi connectivity index (χ1n) is 10.6. The van der Waals surface area contributed by atoms with Crippen molar-refractivity contribution in [2.75, 3.05) is 11.9 Å². The van der Waals surface area contributed by atoms with Gasteiger partial charge in [0.25, 0.3) is 5.91 Å². The third kappa shape index (κ3) is 6.16. The van der Waals surface area contributed by atoms with Crippen molar-refractivity contribution in [2.24, 2.45) is 0 Å². The Bertz CT molecular complexity index is 1220. The van der Waals surface area contributed by atoms with Crippen molar-refractivity contribution >= 4 is 23.1 Å². The SMILES string of the molecule is O=C(CCCNC(=O)c1ccc(F)cc1)Nc1cccc(OCc2cn3ccccc3n2)c1. The van der Waals surface area contributed by atoms with Crippen LogP contribution >= 0.6 is 0 Å². The predicted octanol–water partition coefficient (Wildman–Crippen LogP) is 4.20. The summed E-state index contributed by atoms with van der Waals surface area (Å²) in [5.74, 6) is -0.237. The molecule has 2 heterocycles. The van der Waals surface area contributed by atoms with E-state index in [2.05, 4.69) is 15.6 Å². The van der Waals surface area contributed by atoms with Crippen LogP contribution in [-0.2, 0) is 11.4 Å². The Morgan fingerprint density at radius 2 is 1.88 bits per heavy atom. The zero-order valence-corrected chi connectivity index (χ0v) is 17.8. The number of fused-ring (bicyclic) bond motifs is 1. The maximum atomic E-state index is 12.9. The Morgan fingerprint density at radius 3 is 2.70 bits per heavy atom. The lowest BCUT2D eigenvalue weighted by molar-refractivity contribution is -0.116. The number of rotatable bonds is 9. The van der Waals surface area contributed by atoms with Gasteiger partial charge in [-0.25, -0.2) is 9.37 Å². The van der Waals surface area contributed by atoms with Crippen molar-refractivity contribution < 1.29 is 18.7 Å². The molecule has 2 aromatic carbocycles. The molecule has 0 spiro atoms. The Hall–Kier alpha value is -4.20. The van der Waals surface area contributed by atoms with E-state index >= 15 is 0 Å². The number of halogens is 1. The summed E-state index contributed by atoms with van der Waals surface area (Å²) in [5, 5.41) is 5.55. The Balaban J connectivity index is 1.21. The minimum Gasteiger partial charge on any atom is -0.487 e. The van der Waals surface area contributed by atoms with Gasteiger partial charge in [-0.1, -0.05) is 12.1 Å². The summed E-state index contributed by atoms with van der Waals surface area (Å²) >= 11 is 0. The maximum Gasteiger partial charge on any atom is 0.251 e. The molecule has 0 aliphatic rings. The largest absolute Gasteiger partial charge is 0.487 e. The number of aromatic nitrogens is 2. The van der Waals surface area contributed by atoms with Crippen LogP contribution in [0.15, 0.2) is 79.1 Å². The number of nitrogens with one attached hydrogen (secondary N) is 2. The first-order chi connectivity index (χ1) is 16.1. The monoisotopic (exact) mass is 446 g/mol. The number of hydrogen-bond donors (Lipinski definition) is 2. The van der Waals surface area contributed by atoms with Crippen LogP contribution in [0.25, 0.3) is 5.65 Å². The van der Waals surface area contributed by atoms with Crippen LogP contribution in [-0.4, -0.2) is 27.7 Å². The van der Waals surface area contributed by atoms with Crippen molar-refractivity contribution in [3.8, 4) is 5.75 Å². The summed E-state index contributed by atoms with van der Waals surface area (Å²) in [6.07, 6.45) is 4.56. The molecule has 0 radical (unpaired) electrons. The Kier molecular flexibility index (Phi) is 6.94. The predicted molar refractivity (Wildman–Crippen MR) is 123 cm³/mol. The normalized spacial score (nSPS) is 10.7. The molecule has 7 nitrogen and oxygen atoms in total. The van der Waals surface area contributed by atoms with Crippen LogP contribution < -0.4 is 15.4 Å². The number of carbonyl (C=O) groups is 2. The van der Waals surface area contributed by atoms with E-state index in [1.807, 2.05) is 41.1 Å². The van der Waals surface area contributed by atoms with Crippen molar-refractivity contribution in [3.63, 3.8) is 0 Å². The average molecular weight is 446 g/mol. The van der Waals surface area contributed by atoms with Gasteiger partial charge < -0.3 is 19.8 Å². The number of anilines is 1. The summed E-state index contributed by atoms with van der Waals surface area (Å²) in [6, 6.07) is 18.2. The fraction of sp³-hybridized carbons (Fsp3) is 0.160. The minimum absolute atomic E-state index is 0.163. The molecule has 0 fully saturated rings. The van der Waals surface area contributed by atoms with Crippen molar-refractivity contribution in [1.29, 1.82) is 0 Å². The van der Waals surface area contributed by atoms with Crippen LogP contribution in [0.4, 0.5) is 10.1 Å². The minimum atomic E-state index is -0.395. The fourth-order valence-corrected chi connectivity index (χ4v) is 3.26.